The van der Waals surface area contributed by atoms with E-state index in [9.17, 15) is 4.79 Å². The molecule has 0 fully saturated rings. The van der Waals surface area contributed by atoms with Crippen LogP contribution in [0.15, 0.2) is 30.3 Å². The third kappa shape index (κ3) is 1.88. The second-order valence-electron chi connectivity index (χ2n) is 3.53. The van der Waals surface area contributed by atoms with E-state index in [2.05, 4.69) is 5.10 Å². The normalized spacial score (nSPS) is 9.88. The highest BCUT2D eigenvalue weighted by Gasteiger charge is 2.16. The van der Waals surface area contributed by atoms with E-state index in [-0.39, 0.29) is 11.4 Å². The molecule has 0 unspecified atom stereocenters. The van der Waals surface area contributed by atoms with Gasteiger partial charge in [-0.15, -0.1) is 0 Å². The predicted molar refractivity (Wildman–Crippen MR) is 60.0 cm³/mol. The Labute approximate surface area is 97.5 Å². The quantitative estimate of drug-likeness (QED) is 0.847. The smallest absolute Gasteiger partial charge is 0.354 e. The maximum Gasteiger partial charge on any atom is 0.354 e. The zero-order valence-corrected chi connectivity index (χ0v) is 9.08. The minimum absolute atomic E-state index is 0.0177. The number of aryl methyl sites for hydroxylation is 1. The van der Waals surface area contributed by atoms with Crippen LogP contribution < -0.4 is 0 Å². The second kappa shape index (κ2) is 4.10. The van der Waals surface area contributed by atoms with Crippen LogP contribution in [0.25, 0.3) is 5.69 Å². The highest BCUT2D eigenvalue weighted by atomic mass is 16.4. The lowest BCUT2D eigenvalue weighted by atomic mass is 10.2. The summed E-state index contributed by atoms with van der Waals surface area (Å²) in [6, 6.07) is 10.4. The van der Waals surface area contributed by atoms with Gasteiger partial charge in [-0.3, -0.25) is 0 Å². The van der Waals surface area contributed by atoms with Crippen LogP contribution in [0.5, 0.6) is 0 Å². The van der Waals surface area contributed by atoms with Crippen molar-refractivity contribution in [2.75, 3.05) is 0 Å². The number of aromatic nitrogens is 2. The summed E-state index contributed by atoms with van der Waals surface area (Å²) in [5.74, 6) is -1.11. The molecule has 0 spiro atoms. The van der Waals surface area contributed by atoms with E-state index in [1.165, 1.54) is 10.7 Å². The lowest BCUT2D eigenvalue weighted by Crippen LogP contribution is -2.08. The van der Waals surface area contributed by atoms with Gasteiger partial charge in [-0.1, -0.05) is 18.2 Å². The average Bonchev–Trinajstić information content (AvgIpc) is 2.73. The lowest BCUT2D eigenvalue weighted by molar-refractivity contribution is 0.0687. The molecule has 0 amide bonds. The van der Waals surface area contributed by atoms with Crippen LogP contribution in [-0.2, 0) is 0 Å². The maximum atomic E-state index is 11.1. The van der Waals surface area contributed by atoms with Crippen molar-refractivity contribution in [3.63, 3.8) is 0 Å². The third-order valence-electron chi connectivity index (χ3n) is 2.39. The van der Waals surface area contributed by atoms with Crippen molar-refractivity contribution in [2.45, 2.75) is 6.92 Å². The molecule has 5 nitrogen and oxygen atoms in total. The fourth-order valence-corrected chi connectivity index (χ4v) is 1.57. The minimum atomic E-state index is -1.11. The van der Waals surface area contributed by atoms with E-state index in [1.54, 1.807) is 12.1 Å². The molecule has 0 saturated carbocycles. The molecular weight excluding hydrogens is 218 g/mol. The Balaban J connectivity index is 2.67. The number of carbonyl (C=O) groups is 1. The van der Waals surface area contributed by atoms with Gasteiger partial charge in [-0.05, 0) is 18.6 Å². The van der Waals surface area contributed by atoms with E-state index >= 15 is 0 Å². The lowest BCUT2D eigenvalue weighted by Gasteiger charge is -2.06. The summed E-state index contributed by atoms with van der Waals surface area (Å²) in [5, 5.41) is 21.8. The van der Waals surface area contributed by atoms with Crippen molar-refractivity contribution in [1.29, 1.82) is 5.26 Å². The molecule has 5 heteroatoms. The topological polar surface area (TPSA) is 78.9 Å². The Morgan fingerprint density at radius 1 is 1.47 bits per heavy atom. The Morgan fingerprint density at radius 3 is 2.76 bits per heavy atom. The van der Waals surface area contributed by atoms with Gasteiger partial charge in [0, 0.05) is 6.07 Å². The van der Waals surface area contributed by atoms with E-state index < -0.39 is 5.97 Å². The molecule has 2 rings (SSSR count). The summed E-state index contributed by atoms with van der Waals surface area (Å²) in [6.45, 7) is 1.86. The maximum absolute atomic E-state index is 11.1. The summed E-state index contributed by atoms with van der Waals surface area (Å²) < 4.78 is 1.27. The number of carboxylic acid groups (broad SMARTS) is 1. The van der Waals surface area contributed by atoms with Crippen molar-refractivity contribution >= 4 is 5.97 Å². The largest absolute Gasteiger partial charge is 0.477 e. The number of hydrogen-bond donors (Lipinski definition) is 1. The Hall–Kier alpha value is -2.61. The first kappa shape index (κ1) is 10.9. The van der Waals surface area contributed by atoms with Gasteiger partial charge in [0.2, 0.25) is 0 Å². The highest BCUT2D eigenvalue weighted by Crippen LogP contribution is 2.16. The van der Waals surface area contributed by atoms with Gasteiger partial charge < -0.3 is 5.11 Å². The fourth-order valence-electron chi connectivity index (χ4n) is 1.57. The molecule has 1 N–H and O–H groups in total. The van der Waals surface area contributed by atoms with Crippen LogP contribution in [-0.4, -0.2) is 20.9 Å². The molecule has 0 radical (unpaired) electrons. The van der Waals surface area contributed by atoms with Gasteiger partial charge in [0.1, 0.15) is 6.07 Å². The number of carboxylic acids is 1. The summed E-state index contributed by atoms with van der Waals surface area (Å²) in [4.78, 5) is 11.1. The molecule has 2 aromatic rings. The van der Waals surface area contributed by atoms with Crippen molar-refractivity contribution in [1.82, 2.24) is 9.78 Å². The van der Waals surface area contributed by atoms with Crippen LogP contribution in [0.4, 0.5) is 0 Å². The standard InChI is InChI=1S/C12H9N3O2/c1-8-4-2-3-5-10(8)15-11(12(16)17)6-9(7-13)14-15/h2-6H,1H3,(H,16,17). The number of nitrogens with zero attached hydrogens (tertiary/aromatic N) is 3. The monoisotopic (exact) mass is 227 g/mol. The summed E-state index contributed by atoms with van der Waals surface area (Å²) in [6.07, 6.45) is 0. The fraction of sp³-hybridized carbons (Fsp3) is 0.0833. The molecule has 0 saturated heterocycles. The second-order valence-corrected chi connectivity index (χ2v) is 3.53. The van der Waals surface area contributed by atoms with Crippen LogP contribution in [0, 0.1) is 18.3 Å². The molecular formula is C12H9N3O2. The van der Waals surface area contributed by atoms with Gasteiger partial charge in [-0.2, -0.15) is 10.4 Å². The molecule has 0 aliphatic heterocycles. The van der Waals surface area contributed by atoms with Crippen molar-refractivity contribution < 1.29 is 9.90 Å². The predicted octanol–water partition coefficient (Wildman–Crippen LogP) is 1.75. The van der Waals surface area contributed by atoms with E-state index in [0.717, 1.165) is 5.56 Å². The van der Waals surface area contributed by atoms with E-state index in [0.29, 0.717) is 5.69 Å². The first-order chi connectivity index (χ1) is 8.13. The highest BCUT2D eigenvalue weighted by molar-refractivity contribution is 5.86. The van der Waals surface area contributed by atoms with Crippen molar-refractivity contribution in [3.05, 3.63) is 47.3 Å². The van der Waals surface area contributed by atoms with Crippen molar-refractivity contribution in [2.24, 2.45) is 0 Å². The van der Waals surface area contributed by atoms with Gasteiger partial charge in [0.15, 0.2) is 11.4 Å². The minimum Gasteiger partial charge on any atom is -0.477 e. The van der Waals surface area contributed by atoms with Crippen LogP contribution in [0.1, 0.15) is 21.7 Å². The Morgan fingerprint density at radius 2 is 2.18 bits per heavy atom. The van der Waals surface area contributed by atoms with Crippen LogP contribution in [0.3, 0.4) is 0 Å². The summed E-state index contributed by atoms with van der Waals surface area (Å²) >= 11 is 0. The molecule has 1 aromatic heterocycles. The SMILES string of the molecule is Cc1ccccc1-n1nc(C#N)cc1C(=O)O. The molecule has 0 aliphatic carbocycles. The molecule has 1 aromatic carbocycles. The third-order valence-corrected chi connectivity index (χ3v) is 2.39. The van der Waals surface area contributed by atoms with Gasteiger partial charge in [0.25, 0.3) is 0 Å². The molecule has 0 bridgehead atoms. The van der Waals surface area contributed by atoms with E-state index in [4.69, 9.17) is 10.4 Å². The number of benzene rings is 1. The first-order valence-corrected chi connectivity index (χ1v) is 4.93. The molecule has 0 aliphatic rings. The van der Waals surface area contributed by atoms with Crippen molar-refractivity contribution in [3.8, 4) is 11.8 Å². The van der Waals surface area contributed by atoms with Crippen LogP contribution >= 0.6 is 0 Å². The summed E-state index contributed by atoms with van der Waals surface area (Å²) in [7, 11) is 0. The Kier molecular flexibility index (Phi) is 2.63. The molecule has 84 valence electrons. The zero-order valence-electron chi connectivity index (χ0n) is 9.08. The molecule has 17 heavy (non-hydrogen) atoms. The van der Waals surface area contributed by atoms with Gasteiger partial charge in [0.05, 0.1) is 5.69 Å². The number of rotatable bonds is 2. The van der Waals surface area contributed by atoms with Gasteiger partial charge in [-0.25, -0.2) is 9.48 Å². The molecule has 1 heterocycles. The van der Waals surface area contributed by atoms with E-state index in [1.807, 2.05) is 25.1 Å². The van der Waals surface area contributed by atoms with Crippen LogP contribution in [0.2, 0.25) is 0 Å². The summed E-state index contributed by atoms with van der Waals surface area (Å²) in [5.41, 5.74) is 1.62. The Bertz CT molecular complexity index is 623. The number of para-hydroxylation sites is 1. The number of nitriles is 1. The number of aromatic carboxylic acids is 1. The average molecular weight is 227 g/mol. The number of hydrogen-bond acceptors (Lipinski definition) is 3. The zero-order chi connectivity index (χ0) is 12.4. The first-order valence-electron chi connectivity index (χ1n) is 4.93. The molecule has 0 atom stereocenters. The van der Waals surface area contributed by atoms with Gasteiger partial charge >= 0.3 is 5.97 Å².